The van der Waals surface area contributed by atoms with Crippen LogP contribution < -0.4 is 5.19 Å². The minimum atomic E-state index is -1.44. The SMILES string of the molecule is CC(C)(C)c1nc(-c2cc([Si](C)(C)C)cnc2-c2ccccc2)cs1. The smallest absolute Gasteiger partial charge is 0.0986 e. The molecule has 0 aliphatic carbocycles. The number of thiazole rings is 1. The molecule has 3 rings (SSSR count). The van der Waals surface area contributed by atoms with Gasteiger partial charge in [0, 0.05) is 28.1 Å². The Bertz CT molecular complexity index is 871. The van der Waals surface area contributed by atoms with Crippen molar-refractivity contribution >= 4 is 24.6 Å². The number of hydrogen-bond acceptors (Lipinski definition) is 3. The molecule has 0 radical (unpaired) electrons. The van der Waals surface area contributed by atoms with E-state index in [-0.39, 0.29) is 5.41 Å². The lowest BCUT2D eigenvalue weighted by molar-refractivity contribution is 0.586. The van der Waals surface area contributed by atoms with Crippen LogP contribution >= 0.6 is 11.3 Å². The Morgan fingerprint density at radius 2 is 1.68 bits per heavy atom. The first-order valence-electron chi connectivity index (χ1n) is 8.68. The topological polar surface area (TPSA) is 25.8 Å². The Hall–Kier alpha value is -1.78. The van der Waals surface area contributed by atoms with E-state index < -0.39 is 8.07 Å². The fraction of sp³-hybridized carbons (Fsp3) is 0.333. The highest BCUT2D eigenvalue weighted by Gasteiger charge is 2.23. The first-order valence-corrected chi connectivity index (χ1v) is 13.1. The summed E-state index contributed by atoms with van der Waals surface area (Å²) in [4.78, 5) is 9.82. The van der Waals surface area contributed by atoms with Crippen LogP contribution in [0.2, 0.25) is 19.6 Å². The molecule has 25 heavy (non-hydrogen) atoms. The van der Waals surface area contributed by atoms with Crippen LogP contribution in [0.15, 0.2) is 48.0 Å². The molecule has 2 aromatic heterocycles. The van der Waals surface area contributed by atoms with Gasteiger partial charge in [-0.2, -0.15) is 0 Å². The van der Waals surface area contributed by atoms with Crippen molar-refractivity contribution in [1.82, 2.24) is 9.97 Å². The van der Waals surface area contributed by atoms with E-state index in [4.69, 9.17) is 9.97 Å². The van der Waals surface area contributed by atoms with Gasteiger partial charge < -0.3 is 0 Å². The highest BCUT2D eigenvalue weighted by atomic mass is 32.1. The Balaban J connectivity index is 2.19. The molecule has 0 spiro atoms. The van der Waals surface area contributed by atoms with Crippen LogP contribution in [0.25, 0.3) is 22.5 Å². The van der Waals surface area contributed by atoms with Crippen molar-refractivity contribution in [3.8, 4) is 22.5 Å². The van der Waals surface area contributed by atoms with Gasteiger partial charge in [0.25, 0.3) is 0 Å². The maximum Gasteiger partial charge on any atom is 0.0986 e. The van der Waals surface area contributed by atoms with Crippen molar-refractivity contribution < 1.29 is 0 Å². The summed E-state index contributed by atoms with van der Waals surface area (Å²) in [6.45, 7) is 13.7. The molecule has 0 unspecified atom stereocenters. The van der Waals surface area contributed by atoms with Crippen LogP contribution in [0.4, 0.5) is 0 Å². The maximum absolute atomic E-state index is 4.96. The molecule has 0 amide bonds. The Kier molecular flexibility index (Phi) is 4.69. The van der Waals surface area contributed by atoms with Crippen LogP contribution in [0.5, 0.6) is 0 Å². The second-order valence-corrected chi connectivity index (χ2v) is 14.5. The normalized spacial score (nSPS) is 12.4. The molecular weight excluding hydrogens is 340 g/mol. The maximum atomic E-state index is 4.96. The quantitative estimate of drug-likeness (QED) is 0.554. The Morgan fingerprint density at radius 1 is 1.00 bits per heavy atom. The summed E-state index contributed by atoms with van der Waals surface area (Å²) < 4.78 is 0. The Morgan fingerprint density at radius 3 is 2.24 bits per heavy atom. The van der Waals surface area contributed by atoms with Crippen molar-refractivity contribution in [3.63, 3.8) is 0 Å². The summed E-state index contributed by atoms with van der Waals surface area (Å²) in [6.07, 6.45) is 2.06. The fourth-order valence-corrected chi connectivity index (χ4v) is 4.57. The first-order chi connectivity index (χ1) is 11.7. The van der Waals surface area contributed by atoms with Gasteiger partial charge in [0.2, 0.25) is 0 Å². The van der Waals surface area contributed by atoms with Crippen LogP contribution in [-0.2, 0) is 5.41 Å². The number of pyridine rings is 1. The monoisotopic (exact) mass is 366 g/mol. The van der Waals surface area contributed by atoms with Crippen LogP contribution in [0, 0.1) is 0 Å². The molecule has 0 N–H and O–H groups in total. The predicted octanol–water partition coefficient (Wildman–Crippen LogP) is 5.71. The van der Waals surface area contributed by atoms with Gasteiger partial charge in [-0.1, -0.05) is 70.7 Å². The minimum Gasteiger partial charge on any atom is -0.256 e. The zero-order valence-electron chi connectivity index (χ0n) is 15.9. The van der Waals surface area contributed by atoms with E-state index in [1.807, 2.05) is 6.07 Å². The lowest BCUT2D eigenvalue weighted by atomic mass is 9.98. The van der Waals surface area contributed by atoms with Gasteiger partial charge >= 0.3 is 0 Å². The first kappa shape index (κ1) is 18.0. The van der Waals surface area contributed by atoms with Gasteiger partial charge in [-0.3, -0.25) is 4.98 Å². The molecule has 0 aliphatic rings. The molecule has 0 saturated heterocycles. The number of benzene rings is 1. The average molecular weight is 367 g/mol. The number of hydrogen-bond donors (Lipinski definition) is 0. The fourth-order valence-electron chi connectivity index (χ4n) is 2.64. The standard InChI is InChI=1S/C21H26N2SSi/c1-21(2,3)20-23-18(14-24-20)17-12-16(25(4,5)6)13-22-19(17)15-10-8-7-9-11-15/h7-14H,1-6H3. The Labute approximate surface area is 156 Å². The van der Waals surface area contributed by atoms with Crippen molar-refractivity contribution in [2.45, 2.75) is 45.8 Å². The predicted molar refractivity (Wildman–Crippen MR) is 112 cm³/mol. The van der Waals surface area contributed by atoms with E-state index in [1.165, 1.54) is 10.2 Å². The number of aromatic nitrogens is 2. The van der Waals surface area contributed by atoms with Gasteiger partial charge in [0.05, 0.1) is 24.5 Å². The zero-order valence-corrected chi connectivity index (χ0v) is 17.7. The van der Waals surface area contributed by atoms with E-state index >= 15 is 0 Å². The highest BCUT2D eigenvalue weighted by Crippen LogP contribution is 2.34. The van der Waals surface area contributed by atoms with Crippen LogP contribution in [-0.4, -0.2) is 18.0 Å². The molecule has 0 saturated carbocycles. The third-order valence-electron chi connectivity index (χ3n) is 4.22. The van der Waals surface area contributed by atoms with Crippen LogP contribution in [0.3, 0.4) is 0 Å². The summed E-state index contributed by atoms with van der Waals surface area (Å²) in [5.41, 5.74) is 4.43. The van der Waals surface area contributed by atoms with Crippen molar-refractivity contribution in [2.75, 3.05) is 0 Å². The molecule has 0 aliphatic heterocycles. The molecule has 1 aromatic carbocycles. The van der Waals surface area contributed by atoms with Gasteiger partial charge in [0.15, 0.2) is 0 Å². The molecule has 3 aromatic rings. The van der Waals surface area contributed by atoms with Crippen molar-refractivity contribution in [3.05, 3.63) is 53.0 Å². The van der Waals surface area contributed by atoms with E-state index in [0.717, 1.165) is 22.5 Å². The molecular formula is C21H26N2SSi. The molecule has 0 fully saturated rings. The molecule has 2 heterocycles. The lowest BCUT2D eigenvalue weighted by Crippen LogP contribution is -2.38. The number of nitrogens with zero attached hydrogens (tertiary/aromatic N) is 2. The third-order valence-corrected chi connectivity index (χ3v) is 7.50. The van der Waals surface area contributed by atoms with Gasteiger partial charge in [-0.25, -0.2) is 4.98 Å². The third kappa shape index (κ3) is 3.91. The average Bonchev–Trinajstić information content (AvgIpc) is 3.04. The van der Waals surface area contributed by atoms with Crippen molar-refractivity contribution in [1.29, 1.82) is 0 Å². The second kappa shape index (κ2) is 6.50. The molecule has 2 nitrogen and oxygen atoms in total. The van der Waals surface area contributed by atoms with Gasteiger partial charge in [-0.05, 0) is 11.3 Å². The highest BCUT2D eigenvalue weighted by molar-refractivity contribution is 7.10. The lowest BCUT2D eigenvalue weighted by Gasteiger charge is -2.19. The largest absolute Gasteiger partial charge is 0.256 e. The second-order valence-electron chi connectivity index (χ2n) is 8.52. The molecule has 4 heteroatoms. The van der Waals surface area contributed by atoms with E-state index in [2.05, 4.69) is 82.3 Å². The molecule has 0 bridgehead atoms. The molecule has 0 atom stereocenters. The van der Waals surface area contributed by atoms with Crippen molar-refractivity contribution in [2.24, 2.45) is 0 Å². The minimum absolute atomic E-state index is 0.0691. The van der Waals surface area contributed by atoms with E-state index in [0.29, 0.717) is 0 Å². The summed E-state index contributed by atoms with van der Waals surface area (Å²) in [6, 6.07) is 12.7. The van der Waals surface area contributed by atoms with E-state index in [1.54, 1.807) is 11.3 Å². The summed E-state index contributed by atoms with van der Waals surface area (Å²) in [5.74, 6) is 0. The zero-order chi connectivity index (χ0) is 18.2. The van der Waals surface area contributed by atoms with E-state index in [9.17, 15) is 0 Å². The summed E-state index contributed by atoms with van der Waals surface area (Å²) >= 11 is 1.74. The summed E-state index contributed by atoms with van der Waals surface area (Å²) in [7, 11) is -1.44. The number of rotatable bonds is 3. The van der Waals surface area contributed by atoms with Gasteiger partial charge in [-0.15, -0.1) is 11.3 Å². The summed E-state index contributed by atoms with van der Waals surface area (Å²) in [5, 5.41) is 4.71. The van der Waals surface area contributed by atoms with Crippen LogP contribution in [0.1, 0.15) is 25.8 Å². The molecule has 130 valence electrons. The van der Waals surface area contributed by atoms with Gasteiger partial charge in [0.1, 0.15) is 0 Å².